The molecule has 0 spiro atoms. The minimum Gasteiger partial charge on any atom is -0.444 e. The van der Waals surface area contributed by atoms with Gasteiger partial charge in [0.1, 0.15) is 11.4 Å². The molecule has 4 nitrogen and oxygen atoms in total. The van der Waals surface area contributed by atoms with E-state index >= 15 is 0 Å². The van der Waals surface area contributed by atoms with Crippen LogP contribution < -0.4 is 5.32 Å². The molecular weight excluding hydrogens is 259 g/mol. The summed E-state index contributed by atoms with van der Waals surface area (Å²) in [7, 11) is 0. The molecule has 2 rings (SSSR count). The Balaban J connectivity index is 2.16. The fraction of sp³-hybridized carbons (Fsp3) is 0.533. The second-order valence-electron chi connectivity index (χ2n) is 5.95. The van der Waals surface area contributed by atoms with Gasteiger partial charge in [-0.05, 0) is 38.5 Å². The molecular formula is C15H21FN2O2. The summed E-state index contributed by atoms with van der Waals surface area (Å²) in [5.74, 6) is -0.277. The molecule has 5 heteroatoms. The van der Waals surface area contributed by atoms with Crippen LogP contribution in [-0.2, 0) is 4.74 Å². The summed E-state index contributed by atoms with van der Waals surface area (Å²) >= 11 is 0. The predicted octanol–water partition coefficient (Wildman–Crippen LogP) is 2.71. The van der Waals surface area contributed by atoms with Gasteiger partial charge in [0.2, 0.25) is 0 Å². The van der Waals surface area contributed by atoms with Crippen LogP contribution in [0.3, 0.4) is 0 Å². The predicted molar refractivity (Wildman–Crippen MR) is 75.0 cm³/mol. The number of ether oxygens (including phenoxy) is 1. The zero-order valence-electron chi connectivity index (χ0n) is 12.1. The number of nitrogens with one attached hydrogen (secondary N) is 1. The van der Waals surface area contributed by atoms with Crippen molar-refractivity contribution >= 4 is 6.09 Å². The number of hydrogen-bond donors (Lipinski definition) is 1. The minimum absolute atomic E-state index is 0.126. The molecule has 1 fully saturated rings. The fourth-order valence-electron chi connectivity index (χ4n) is 2.23. The summed E-state index contributed by atoms with van der Waals surface area (Å²) in [5, 5.41) is 3.25. The van der Waals surface area contributed by atoms with Crippen LogP contribution in [0.1, 0.15) is 32.4 Å². The molecule has 1 aromatic rings. The van der Waals surface area contributed by atoms with Gasteiger partial charge in [-0.25, -0.2) is 9.18 Å². The Morgan fingerprint density at radius 3 is 2.60 bits per heavy atom. The van der Waals surface area contributed by atoms with E-state index in [1.165, 1.54) is 12.1 Å². The van der Waals surface area contributed by atoms with Crippen LogP contribution in [0.25, 0.3) is 0 Å². The van der Waals surface area contributed by atoms with Gasteiger partial charge in [-0.1, -0.05) is 12.1 Å². The average Bonchev–Trinajstić information content (AvgIpc) is 2.38. The quantitative estimate of drug-likeness (QED) is 0.860. The number of rotatable bonds is 1. The molecule has 0 saturated carbocycles. The Hall–Kier alpha value is -1.62. The number of hydrogen-bond acceptors (Lipinski definition) is 3. The van der Waals surface area contributed by atoms with Crippen molar-refractivity contribution in [3.05, 3.63) is 35.6 Å². The first-order valence-corrected chi connectivity index (χ1v) is 6.82. The van der Waals surface area contributed by atoms with E-state index in [1.54, 1.807) is 17.0 Å². The minimum atomic E-state index is -0.519. The van der Waals surface area contributed by atoms with Crippen LogP contribution in [0.5, 0.6) is 0 Å². The number of nitrogens with zero attached hydrogens (tertiary/aromatic N) is 1. The number of halogens is 1. The van der Waals surface area contributed by atoms with Crippen LogP contribution in [0.2, 0.25) is 0 Å². The summed E-state index contributed by atoms with van der Waals surface area (Å²) in [6.45, 7) is 7.50. The standard InChI is InChI=1S/C15H21FN2O2/c1-15(2,3)20-14(19)18-9-8-17-10-13(18)11-4-6-12(16)7-5-11/h4-7,13,17H,8-10H2,1-3H3. The van der Waals surface area contributed by atoms with Crippen LogP contribution >= 0.6 is 0 Å². The van der Waals surface area contributed by atoms with Gasteiger partial charge >= 0.3 is 6.09 Å². The zero-order chi connectivity index (χ0) is 14.8. The maximum atomic E-state index is 13.0. The van der Waals surface area contributed by atoms with E-state index in [9.17, 15) is 9.18 Å². The maximum absolute atomic E-state index is 13.0. The molecule has 1 aromatic carbocycles. The molecule has 1 aliphatic rings. The van der Waals surface area contributed by atoms with Crippen molar-refractivity contribution in [3.63, 3.8) is 0 Å². The van der Waals surface area contributed by atoms with E-state index in [2.05, 4.69) is 5.32 Å². The number of carbonyl (C=O) groups is 1. The van der Waals surface area contributed by atoms with Crippen LogP contribution in [-0.4, -0.2) is 36.2 Å². The molecule has 20 heavy (non-hydrogen) atoms. The van der Waals surface area contributed by atoms with Crippen molar-refractivity contribution < 1.29 is 13.9 Å². The van der Waals surface area contributed by atoms with E-state index in [0.717, 1.165) is 12.1 Å². The topological polar surface area (TPSA) is 41.6 Å². The van der Waals surface area contributed by atoms with Crippen LogP contribution in [0.4, 0.5) is 9.18 Å². The third kappa shape index (κ3) is 3.70. The molecule has 0 aliphatic carbocycles. The lowest BCUT2D eigenvalue weighted by molar-refractivity contribution is 0.0118. The first-order chi connectivity index (χ1) is 9.37. The van der Waals surface area contributed by atoms with Crippen molar-refractivity contribution in [3.8, 4) is 0 Å². The monoisotopic (exact) mass is 280 g/mol. The highest BCUT2D eigenvalue weighted by Gasteiger charge is 2.31. The summed E-state index contributed by atoms with van der Waals surface area (Å²) in [6.07, 6.45) is -0.326. The second kappa shape index (κ2) is 5.79. The summed E-state index contributed by atoms with van der Waals surface area (Å²) < 4.78 is 18.4. The SMILES string of the molecule is CC(C)(C)OC(=O)N1CCNCC1c1ccc(F)cc1. The number of amides is 1. The molecule has 1 N–H and O–H groups in total. The lowest BCUT2D eigenvalue weighted by Crippen LogP contribution is -2.50. The van der Waals surface area contributed by atoms with Crippen molar-refractivity contribution in [2.24, 2.45) is 0 Å². The Morgan fingerprint density at radius 2 is 2.00 bits per heavy atom. The van der Waals surface area contributed by atoms with Gasteiger partial charge in [-0.2, -0.15) is 0 Å². The molecule has 110 valence electrons. The second-order valence-corrected chi connectivity index (χ2v) is 5.95. The smallest absolute Gasteiger partial charge is 0.410 e. The third-order valence-corrected chi connectivity index (χ3v) is 3.13. The largest absolute Gasteiger partial charge is 0.444 e. The summed E-state index contributed by atoms with van der Waals surface area (Å²) in [5.41, 5.74) is 0.388. The molecule has 1 amide bonds. The van der Waals surface area contributed by atoms with Gasteiger partial charge in [-0.15, -0.1) is 0 Å². The zero-order valence-corrected chi connectivity index (χ0v) is 12.1. The number of carbonyl (C=O) groups excluding carboxylic acids is 1. The molecule has 0 aromatic heterocycles. The van der Waals surface area contributed by atoms with Gasteiger partial charge in [0.15, 0.2) is 0 Å². The maximum Gasteiger partial charge on any atom is 0.410 e. The van der Waals surface area contributed by atoms with Gasteiger partial charge in [-0.3, -0.25) is 4.90 Å². The van der Waals surface area contributed by atoms with Crippen molar-refractivity contribution in [1.82, 2.24) is 10.2 Å². The van der Waals surface area contributed by atoms with Crippen molar-refractivity contribution in [1.29, 1.82) is 0 Å². The molecule has 1 unspecified atom stereocenters. The molecule has 1 heterocycles. The highest BCUT2D eigenvalue weighted by molar-refractivity contribution is 5.69. The average molecular weight is 280 g/mol. The normalized spacial score (nSPS) is 19.8. The highest BCUT2D eigenvalue weighted by atomic mass is 19.1. The van der Waals surface area contributed by atoms with E-state index in [1.807, 2.05) is 20.8 Å². The Labute approximate surface area is 118 Å². The molecule has 1 aliphatic heterocycles. The fourth-order valence-corrected chi connectivity index (χ4v) is 2.23. The molecule has 0 bridgehead atoms. The van der Waals surface area contributed by atoms with Crippen LogP contribution in [0.15, 0.2) is 24.3 Å². The molecule has 1 atom stereocenters. The van der Waals surface area contributed by atoms with Gasteiger partial charge in [0.05, 0.1) is 6.04 Å². The number of piperazine rings is 1. The van der Waals surface area contributed by atoms with E-state index < -0.39 is 5.60 Å². The van der Waals surface area contributed by atoms with Gasteiger partial charge < -0.3 is 10.1 Å². The van der Waals surface area contributed by atoms with E-state index in [0.29, 0.717) is 13.1 Å². The first kappa shape index (κ1) is 14.8. The lowest BCUT2D eigenvalue weighted by atomic mass is 10.0. The Bertz CT molecular complexity index is 468. The molecule has 0 radical (unpaired) electrons. The first-order valence-electron chi connectivity index (χ1n) is 6.82. The van der Waals surface area contributed by atoms with Gasteiger partial charge in [0, 0.05) is 19.6 Å². The van der Waals surface area contributed by atoms with Crippen molar-refractivity contribution in [2.75, 3.05) is 19.6 Å². The third-order valence-electron chi connectivity index (χ3n) is 3.13. The summed E-state index contributed by atoms with van der Waals surface area (Å²) in [6, 6.07) is 6.13. The summed E-state index contributed by atoms with van der Waals surface area (Å²) in [4.78, 5) is 14.0. The van der Waals surface area contributed by atoms with Gasteiger partial charge in [0.25, 0.3) is 0 Å². The number of benzene rings is 1. The van der Waals surface area contributed by atoms with E-state index in [4.69, 9.17) is 4.74 Å². The lowest BCUT2D eigenvalue weighted by Gasteiger charge is -2.37. The highest BCUT2D eigenvalue weighted by Crippen LogP contribution is 2.24. The Morgan fingerprint density at radius 1 is 1.35 bits per heavy atom. The Kier molecular flexibility index (Phi) is 4.28. The van der Waals surface area contributed by atoms with Crippen LogP contribution in [0, 0.1) is 5.82 Å². The van der Waals surface area contributed by atoms with E-state index in [-0.39, 0.29) is 18.0 Å². The van der Waals surface area contributed by atoms with Crippen molar-refractivity contribution in [2.45, 2.75) is 32.4 Å². The molecule has 1 saturated heterocycles.